The average Bonchev–Trinajstić information content (AvgIpc) is 2.60. The Hall–Kier alpha value is -2.69. The van der Waals surface area contributed by atoms with E-state index in [1.165, 1.54) is 12.3 Å². The second-order valence-electron chi connectivity index (χ2n) is 5.24. The summed E-state index contributed by atoms with van der Waals surface area (Å²) in [5.74, 6) is -0.685. The number of hydrogen-bond acceptors (Lipinski definition) is 3. The molecule has 0 atom stereocenters. The Morgan fingerprint density at radius 1 is 1.12 bits per heavy atom. The number of carbonyl (C=O) groups excluding carboxylic acids is 1. The van der Waals surface area contributed by atoms with Crippen molar-refractivity contribution < 1.29 is 14.0 Å². The molecule has 0 fully saturated rings. The molecule has 0 aromatic heterocycles. The molecule has 0 bridgehead atoms. The maximum Gasteiger partial charge on any atom is 0.265 e. The van der Waals surface area contributed by atoms with Gasteiger partial charge in [-0.1, -0.05) is 55.4 Å². The lowest BCUT2D eigenvalue weighted by Gasteiger charge is -2.13. The van der Waals surface area contributed by atoms with Gasteiger partial charge in [-0.05, 0) is 30.0 Å². The van der Waals surface area contributed by atoms with Gasteiger partial charge in [-0.3, -0.25) is 4.79 Å². The van der Waals surface area contributed by atoms with Gasteiger partial charge in [0.15, 0.2) is 6.61 Å². The summed E-state index contributed by atoms with van der Waals surface area (Å²) in [5.41, 5.74) is 3.31. The molecule has 1 amide bonds. The zero-order chi connectivity index (χ0) is 17.4. The van der Waals surface area contributed by atoms with Crippen molar-refractivity contribution >= 4 is 17.8 Å². The lowest BCUT2D eigenvalue weighted by molar-refractivity contribution is -0.120. The maximum atomic E-state index is 13.4. The van der Waals surface area contributed by atoms with Crippen LogP contribution >= 0.6 is 0 Å². The van der Waals surface area contributed by atoms with Crippen molar-refractivity contribution in [3.05, 3.63) is 65.0 Å². The van der Waals surface area contributed by atoms with Gasteiger partial charge >= 0.3 is 0 Å². The quantitative estimate of drug-likeness (QED) is 0.618. The minimum Gasteiger partial charge on any atom is -0.386 e. The summed E-state index contributed by atoms with van der Waals surface area (Å²) >= 11 is 0. The van der Waals surface area contributed by atoms with Crippen molar-refractivity contribution in [2.24, 2.45) is 5.16 Å². The SMILES string of the molecule is CCc1cccc(CC)c1NC(=O)CO/N=C\c1ccccc1F. The third-order valence-corrected chi connectivity index (χ3v) is 3.63. The Kier molecular flexibility index (Phi) is 6.49. The summed E-state index contributed by atoms with van der Waals surface area (Å²) in [6.45, 7) is 3.85. The number of amides is 1. The number of carbonyl (C=O) groups is 1. The first kappa shape index (κ1) is 17.7. The van der Waals surface area contributed by atoms with Crippen LogP contribution in [0.15, 0.2) is 47.6 Å². The largest absolute Gasteiger partial charge is 0.386 e. The zero-order valence-corrected chi connectivity index (χ0v) is 13.9. The lowest BCUT2D eigenvalue weighted by Crippen LogP contribution is -2.19. The number of hydrogen-bond donors (Lipinski definition) is 1. The summed E-state index contributed by atoms with van der Waals surface area (Å²) in [5, 5.41) is 6.52. The summed E-state index contributed by atoms with van der Waals surface area (Å²) in [4.78, 5) is 17.0. The van der Waals surface area contributed by atoms with Crippen LogP contribution in [0.2, 0.25) is 0 Å². The van der Waals surface area contributed by atoms with Crippen LogP contribution in [0.1, 0.15) is 30.5 Å². The van der Waals surface area contributed by atoms with Crippen LogP contribution in [0.5, 0.6) is 0 Å². The average molecular weight is 328 g/mol. The van der Waals surface area contributed by atoms with Crippen LogP contribution < -0.4 is 5.32 Å². The molecule has 0 radical (unpaired) electrons. The molecule has 1 N–H and O–H groups in total. The molecule has 5 heteroatoms. The number of halogens is 1. The molecule has 0 saturated carbocycles. The first-order valence-electron chi connectivity index (χ1n) is 7.96. The number of nitrogens with zero attached hydrogens (tertiary/aromatic N) is 1. The molecule has 2 aromatic rings. The third-order valence-electron chi connectivity index (χ3n) is 3.63. The molecule has 2 aromatic carbocycles. The molecule has 4 nitrogen and oxygen atoms in total. The minimum absolute atomic E-state index is 0.230. The summed E-state index contributed by atoms with van der Waals surface area (Å²) in [7, 11) is 0. The highest BCUT2D eigenvalue weighted by Crippen LogP contribution is 2.22. The molecule has 2 rings (SSSR count). The number of aryl methyl sites for hydroxylation is 2. The normalized spacial score (nSPS) is 10.8. The first-order valence-corrected chi connectivity index (χ1v) is 7.96. The topological polar surface area (TPSA) is 50.7 Å². The molecule has 0 unspecified atom stereocenters. The maximum absolute atomic E-state index is 13.4. The number of para-hydroxylation sites is 1. The molecule has 0 saturated heterocycles. The standard InChI is InChI=1S/C19H21FN2O2/c1-3-14-9-7-10-15(4-2)19(14)22-18(23)13-24-21-12-16-8-5-6-11-17(16)20/h5-12H,3-4,13H2,1-2H3,(H,22,23)/b21-12-. The van der Waals surface area contributed by atoms with Crippen molar-refractivity contribution in [3.8, 4) is 0 Å². The van der Waals surface area contributed by atoms with E-state index in [1.807, 2.05) is 32.0 Å². The van der Waals surface area contributed by atoms with Gasteiger partial charge in [0.2, 0.25) is 0 Å². The Bertz CT molecular complexity index is 707. The molecule has 0 heterocycles. The fraction of sp³-hybridized carbons (Fsp3) is 0.263. The van der Waals surface area contributed by atoms with Crippen molar-refractivity contribution in [2.45, 2.75) is 26.7 Å². The van der Waals surface area contributed by atoms with Crippen molar-refractivity contribution in [2.75, 3.05) is 11.9 Å². The Morgan fingerprint density at radius 3 is 2.42 bits per heavy atom. The monoisotopic (exact) mass is 328 g/mol. The number of anilines is 1. The van der Waals surface area contributed by atoms with E-state index in [1.54, 1.807) is 18.2 Å². The van der Waals surface area contributed by atoms with Crippen LogP contribution in [0.4, 0.5) is 10.1 Å². The Balaban J connectivity index is 1.94. The number of nitrogens with one attached hydrogen (secondary N) is 1. The molecule has 24 heavy (non-hydrogen) atoms. The van der Waals surface area contributed by atoms with Crippen LogP contribution in [-0.4, -0.2) is 18.7 Å². The predicted molar refractivity (Wildman–Crippen MR) is 93.8 cm³/mol. The number of oxime groups is 1. The smallest absolute Gasteiger partial charge is 0.265 e. The zero-order valence-electron chi connectivity index (χ0n) is 13.9. The van der Waals surface area contributed by atoms with Crippen molar-refractivity contribution in [3.63, 3.8) is 0 Å². The number of rotatable bonds is 7. The molecule has 126 valence electrons. The molecule has 0 aliphatic rings. The molecular formula is C19H21FN2O2. The van der Waals surface area contributed by atoms with Gasteiger partial charge in [0.1, 0.15) is 5.82 Å². The van der Waals surface area contributed by atoms with E-state index in [0.717, 1.165) is 29.7 Å². The molecule has 0 aliphatic heterocycles. The van der Waals surface area contributed by atoms with E-state index < -0.39 is 5.82 Å². The van der Waals surface area contributed by atoms with Gasteiger partial charge < -0.3 is 10.2 Å². The van der Waals surface area contributed by atoms with E-state index in [9.17, 15) is 9.18 Å². The highest BCUT2D eigenvalue weighted by molar-refractivity contribution is 5.93. The van der Waals surface area contributed by atoms with E-state index in [4.69, 9.17) is 4.84 Å². The van der Waals surface area contributed by atoms with Gasteiger partial charge in [-0.15, -0.1) is 0 Å². The van der Waals surface area contributed by atoms with Crippen LogP contribution in [0.3, 0.4) is 0 Å². The van der Waals surface area contributed by atoms with Crippen LogP contribution in [0, 0.1) is 5.82 Å². The third kappa shape index (κ3) is 4.65. The van der Waals surface area contributed by atoms with E-state index in [-0.39, 0.29) is 12.5 Å². The lowest BCUT2D eigenvalue weighted by atomic mass is 10.0. The number of benzene rings is 2. The van der Waals surface area contributed by atoms with E-state index in [2.05, 4.69) is 10.5 Å². The second-order valence-corrected chi connectivity index (χ2v) is 5.24. The highest BCUT2D eigenvalue weighted by Gasteiger charge is 2.10. The van der Waals surface area contributed by atoms with Gasteiger partial charge in [-0.25, -0.2) is 4.39 Å². The van der Waals surface area contributed by atoms with Crippen molar-refractivity contribution in [1.29, 1.82) is 0 Å². The van der Waals surface area contributed by atoms with Gasteiger partial charge in [0.05, 0.1) is 6.21 Å². The summed E-state index contributed by atoms with van der Waals surface area (Å²) in [6.07, 6.45) is 2.91. The molecule has 0 spiro atoms. The minimum atomic E-state index is -0.390. The predicted octanol–water partition coefficient (Wildman–Crippen LogP) is 3.94. The Labute approximate surface area is 141 Å². The molecular weight excluding hydrogens is 307 g/mol. The van der Waals surface area contributed by atoms with E-state index >= 15 is 0 Å². The van der Waals surface area contributed by atoms with Crippen molar-refractivity contribution in [1.82, 2.24) is 0 Å². The summed E-state index contributed by atoms with van der Waals surface area (Å²) in [6, 6.07) is 12.2. The summed E-state index contributed by atoms with van der Waals surface area (Å²) < 4.78 is 13.4. The first-order chi connectivity index (χ1) is 11.7. The fourth-order valence-electron chi connectivity index (χ4n) is 2.35. The van der Waals surface area contributed by atoms with Crippen LogP contribution in [-0.2, 0) is 22.5 Å². The van der Waals surface area contributed by atoms with E-state index in [0.29, 0.717) is 5.56 Å². The van der Waals surface area contributed by atoms with Crippen LogP contribution in [0.25, 0.3) is 0 Å². The highest BCUT2D eigenvalue weighted by atomic mass is 19.1. The van der Waals surface area contributed by atoms with Gasteiger partial charge in [0, 0.05) is 11.3 Å². The fourth-order valence-corrected chi connectivity index (χ4v) is 2.35. The Morgan fingerprint density at radius 2 is 1.79 bits per heavy atom. The molecule has 0 aliphatic carbocycles. The van der Waals surface area contributed by atoms with Gasteiger partial charge in [0.25, 0.3) is 5.91 Å². The van der Waals surface area contributed by atoms with Gasteiger partial charge in [-0.2, -0.15) is 0 Å². The second kappa shape index (κ2) is 8.82.